The van der Waals surface area contributed by atoms with Gasteiger partial charge in [0, 0.05) is 23.1 Å². The summed E-state index contributed by atoms with van der Waals surface area (Å²) in [7, 11) is 0. The predicted octanol–water partition coefficient (Wildman–Crippen LogP) is 5.04. The Bertz CT molecular complexity index is 912. The fraction of sp³-hybridized carbons (Fsp3) is 0.200. The average Bonchev–Trinajstić information content (AvgIpc) is 3.12. The summed E-state index contributed by atoms with van der Waals surface area (Å²) in [6, 6.07) is 14.9. The standard InChI is InChI=1S/C20H20ClN3O2S/c1-3-26-18-7-5-4-6-17(18)23-19(25)14(2)27-20-22-12-13-24(20)16-10-8-15(21)9-11-16/h4-14H,3H2,1-2H3,(H,23,25)/t14-/m0/s1. The Balaban J connectivity index is 1.71. The van der Waals surface area contributed by atoms with Crippen LogP contribution in [0.5, 0.6) is 5.75 Å². The predicted molar refractivity (Wildman–Crippen MR) is 110 cm³/mol. The number of nitrogens with one attached hydrogen (secondary N) is 1. The fourth-order valence-corrected chi connectivity index (χ4v) is 3.48. The number of halogens is 1. The van der Waals surface area contributed by atoms with Crippen molar-refractivity contribution in [3.63, 3.8) is 0 Å². The summed E-state index contributed by atoms with van der Waals surface area (Å²) in [5.74, 6) is 0.547. The van der Waals surface area contributed by atoms with Gasteiger partial charge in [0.15, 0.2) is 5.16 Å². The maximum atomic E-state index is 12.6. The number of para-hydroxylation sites is 2. The monoisotopic (exact) mass is 401 g/mol. The molecular weight excluding hydrogens is 382 g/mol. The molecule has 27 heavy (non-hydrogen) atoms. The van der Waals surface area contributed by atoms with Crippen LogP contribution in [0.2, 0.25) is 5.02 Å². The van der Waals surface area contributed by atoms with Gasteiger partial charge in [-0.2, -0.15) is 0 Å². The highest BCUT2D eigenvalue weighted by molar-refractivity contribution is 8.00. The minimum Gasteiger partial charge on any atom is -0.492 e. The number of carbonyl (C=O) groups is 1. The third-order valence-electron chi connectivity index (χ3n) is 3.81. The zero-order valence-electron chi connectivity index (χ0n) is 15.1. The van der Waals surface area contributed by atoms with Crippen molar-refractivity contribution in [2.45, 2.75) is 24.3 Å². The molecule has 0 unspecified atom stereocenters. The number of carbonyl (C=O) groups excluding carboxylic acids is 1. The van der Waals surface area contributed by atoms with Crippen molar-refractivity contribution < 1.29 is 9.53 Å². The second-order valence-electron chi connectivity index (χ2n) is 5.73. The van der Waals surface area contributed by atoms with Gasteiger partial charge in [-0.25, -0.2) is 4.98 Å². The smallest absolute Gasteiger partial charge is 0.237 e. The van der Waals surface area contributed by atoms with Crippen LogP contribution in [-0.2, 0) is 4.79 Å². The van der Waals surface area contributed by atoms with Gasteiger partial charge in [-0.3, -0.25) is 9.36 Å². The van der Waals surface area contributed by atoms with Crippen molar-refractivity contribution in [2.75, 3.05) is 11.9 Å². The van der Waals surface area contributed by atoms with Crippen LogP contribution < -0.4 is 10.1 Å². The SMILES string of the molecule is CCOc1ccccc1NC(=O)[C@H](C)Sc1nccn1-c1ccc(Cl)cc1. The molecule has 1 amide bonds. The summed E-state index contributed by atoms with van der Waals surface area (Å²) >= 11 is 7.35. The highest BCUT2D eigenvalue weighted by Crippen LogP contribution is 2.28. The molecule has 5 nitrogen and oxygen atoms in total. The van der Waals surface area contributed by atoms with Crippen LogP contribution in [0.4, 0.5) is 5.69 Å². The molecule has 7 heteroatoms. The summed E-state index contributed by atoms with van der Waals surface area (Å²) in [6.07, 6.45) is 3.58. The van der Waals surface area contributed by atoms with Gasteiger partial charge in [0.2, 0.25) is 5.91 Å². The minimum atomic E-state index is -0.340. The molecule has 0 aliphatic heterocycles. The highest BCUT2D eigenvalue weighted by atomic mass is 35.5. The van der Waals surface area contributed by atoms with Crippen LogP contribution in [0.15, 0.2) is 66.1 Å². The van der Waals surface area contributed by atoms with E-state index in [1.54, 1.807) is 6.20 Å². The molecule has 0 bridgehead atoms. The number of amides is 1. The van der Waals surface area contributed by atoms with E-state index in [9.17, 15) is 4.79 Å². The number of rotatable bonds is 7. The van der Waals surface area contributed by atoms with Crippen molar-refractivity contribution in [3.8, 4) is 11.4 Å². The normalized spacial score (nSPS) is 11.8. The molecule has 1 N–H and O–H groups in total. The molecule has 3 aromatic rings. The summed E-state index contributed by atoms with van der Waals surface area (Å²) in [5.41, 5.74) is 1.60. The molecule has 2 aromatic carbocycles. The Morgan fingerprint density at radius 1 is 1.26 bits per heavy atom. The van der Waals surface area contributed by atoms with Crippen LogP contribution in [0.25, 0.3) is 5.69 Å². The van der Waals surface area contributed by atoms with Gasteiger partial charge < -0.3 is 10.1 Å². The van der Waals surface area contributed by atoms with E-state index < -0.39 is 0 Å². The lowest BCUT2D eigenvalue weighted by atomic mass is 10.3. The van der Waals surface area contributed by atoms with Crippen LogP contribution in [0.1, 0.15) is 13.8 Å². The first-order chi connectivity index (χ1) is 13.1. The molecule has 0 spiro atoms. The molecule has 140 valence electrons. The number of nitrogens with zero attached hydrogens (tertiary/aromatic N) is 2. The first-order valence-electron chi connectivity index (χ1n) is 8.57. The van der Waals surface area contributed by atoms with Crippen LogP contribution in [0, 0.1) is 0 Å². The van der Waals surface area contributed by atoms with Crippen LogP contribution in [0.3, 0.4) is 0 Å². The Labute approximate surface area is 167 Å². The van der Waals surface area contributed by atoms with Gasteiger partial charge in [0.1, 0.15) is 5.75 Å². The zero-order chi connectivity index (χ0) is 19.2. The molecule has 1 heterocycles. The molecule has 0 aliphatic rings. The molecule has 3 rings (SSSR count). The summed E-state index contributed by atoms with van der Waals surface area (Å²) in [5, 5.41) is 4.00. The van der Waals surface area contributed by atoms with Crippen molar-refractivity contribution in [3.05, 3.63) is 65.9 Å². The molecule has 0 saturated carbocycles. The number of imidazole rings is 1. The van der Waals surface area contributed by atoms with E-state index in [-0.39, 0.29) is 11.2 Å². The topological polar surface area (TPSA) is 56.1 Å². The van der Waals surface area contributed by atoms with Crippen molar-refractivity contribution in [1.29, 1.82) is 0 Å². The van der Waals surface area contributed by atoms with Gasteiger partial charge >= 0.3 is 0 Å². The van der Waals surface area contributed by atoms with Crippen molar-refractivity contribution in [2.24, 2.45) is 0 Å². The first kappa shape index (κ1) is 19.3. The van der Waals surface area contributed by atoms with Gasteiger partial charge in [-0.15, -0.1) is 0 Å². The maximum Gasteiger partial charge on any atom is 0.237 e. The maximum absolute atomic E-state index is 12.6. The summed E-state index contributed by atoms with van der Waals surface area (Å²) < 4.78 is 7.49. The first-order valence-corrected chi connectivity index (χ1v) is 9.83. The number of aromatic nitrogens is 2. The number of hydrogen-bond donors (Lipinski definition) is 1. The van der Waals surface area contributed by atoms with E-state index in [1.807, 2.05) is 73.1 Å². The lowest BCUT2D eigenvalue weighted by molar-refractivity contribution is -0.115. The number of anilines is 1. The van der Waals surface area contributed by atoms with E-state index >= 15 is 0 Å². The minimum absolute atomic E-state index is 0.113. The van der Waals surface area contributed by atoms with Gasteiger partial charge in [-0.1, -0.05) is 35.5 Å². The molecule has 1 aromatic heterocycles. The number of hydrogen-bond acceptors (Lipinski definition) is 4. The van der Waals surface area contributed by atoms with Crippen LogP contribution >= 0.6 is 23.4 Å². The fourth-order valence-electron chi connectivity index (χ4n) is 2.47. The summed E-state index contributed by atoms with van der Waals surface area (Å²) in [4.78, 5) is 17.0. The Morgan fingerprint density at radius 3 is 2.74 bits per heavy atom. The number of ether oxygens (including phenoxy) is 1. The van der Waals surface area contributed by atoms with E-state index in [4.69, 9.17) is 16.3 Å². The van der Waals surface area contributed by atoms with E-state index in [2.05, 4.69) is 10.3 Å². The van der Waals surface area contributed by atoms with Gasteiger partial charge in [0.05, 0.1) is 17.5 Å². The number of thioether (sulfide) groups is 1. The summed E-state index contributed by atoms with van der Waals surface area (Å²) in [6.45, 7) is 4.30. The Hall–Kier alpha value is -2.44. The quantitative estimate of drug-likeness (QED) is 0.563. The third kappa shape index (κ3) is 4.84. The van der Waals surface area contributed by atoms with Gasteiger partial charge in [0.25, 0.3) is 0 Å². The van der Waals surface area contributed by atoms with Gasteiger partial charge in [-0.05, 0) is 50.2 Å². The molecule has 0 radical (unpaired) electrons. The van der Waals surface area contributed by atoms with E-state index in [0.29, 0.717) is 23.1 Å². The zero-order valence-corrected chi connectivity index (χ0v) is 16.6. The largest absolute Gasteiger partial charge is 0.492 e. The Kier molecular flexibility index (Phi) is 6.42. The lowest BCUT2D eigenvalue weighted by Gasteiger charge is -2.15. The lowest BCUT2D eigenvalue weighted by Crippen LogP contribution is -2.23. The van der Waals surface area contributed by atoms with E-state index in [0.717, 1.165) is 10.8 Å². The van der Waals surface area contributed by atoms with Crippen molar-refractivity contribution in [1.82, 2.24) is 9.55 Å². The number of benzene rings is 2. The van der Waals surface area contributed by atoms with Crippen LogP contribution in [-0.4, -0.2) is 27.3 Å². The molecule has 0 saturated heterocycles. The molecule has 0 fully saturated rings. The van der Waals surface area contributed by atoms with Crippen molar-refractivity contribution >= 4 is 35.0 Å². The molecule has 1 atom stereocenters. The Morgan fingerprint density at radius 2 is 2.00 bits per heavy atom. The molecule has 0 aliphatic carbocycles. The molecular formula is C20H20ClN3O2S. The highest BCUT2D eigenvalue weighted by Gasteiger charge is 2.19. The second kappa shape index (κ2) is 8.97. The average molecular weight is 402 g/mol. The third-order valence-corrected chi connectivity index (χ3v) is 5.14. The van der Waals surface area contributed by atoms with E-state index in [1.165, 1.54) is 11.8 Å². The second-order valence-corrected chi connectivity index (χ2v) is 7.48.